The number of aromatic nitrogens is 3. The second-order valence-electron chi connectivity index (χ2n) is 9.26. The van der Waals surface area contributed by atoms with E-state index in [2.05, 4.69) is 40.0 Å². The monoisotopic (exact) mass is 474 g/mol. The van der Waals surface area contributed by atoms with E-state index in [-0.39, 0.29) is 28.0 Å². The lowest BCUT2D eigenvalue weighted by atomic mass is 9.95. The number of carbonyl (C=O) groups is 1. The molecule has 33 heavy (non-hydrogen) atoms. The number of sulfonamides is 1. The van der Waals surface area contributed by atoms with Crippen LogP contribution in [0.15, 0.2) is 46.1 Å². The standard InChI is InChI=1S/C23H30N4O5S/c1-15(2)13-18-25-20(33(29,30)26-22(28)31-6)19(32-18)17-9-7-16(8-10-17)14-27-12-11-24-21(27)23(3,4)5/h7-12,15H,13-14H2,1-6H3,(H,26,28). The van der Waals surface area contributed by atoms with Gasteiger partial charge in [-0.2, -0.15) is 13.4 Å². The molecule has 2 aromatic heterocycles. The van der Waals surface area contributed by atoms with Crippen LogP contribution < -0.4 is 4.72 Å². The van der Waals surface area contributed by atoms with Gasteiger partial charge in [0.1, 0.15) is 5.82 Å². The Labute approximate surface area is 194 Å². The summed E-state index contributed by atoms with van der Waals surface area (Å²) < 4.78 is 39.7. The predicted octanol–water partition coefficient (Wildman–Crippen LogP) is 4.13. The Morgan fingerprint density at radius 2 is 1.88 bits per heavy atom. The van der Waals surface area contributed by atoms with Gasteiger partial charge in [-0.05, 0) is 11.5 Å². The van der Waals surface area contributed by atoms with E-state index in [1.807, 2.05) is 36.9 Å². The minimum absolute atomic E-state index is 0.0756. The molecule has 0 unspecified atom stereocenters. The highest BCUT2D eigenvalue weighted by atomic mass is 32.2. The fraction of sp³-hybridized carbons (Fsp3) is 0.435. The summed E-state index contributed by atoms with van der Waals surface area (Å²) in [6.07, 6.45) is 3.08. The van der Waals surface area contributed by atoms with Crippen molar-refractivity contribution >= 4 is 16.1 Å². The first-order chi connectivity index (χ1) is 15.4. The summed E-state index contributed by atoms with van der Waals surface area (Å²) in [6, 6.07) is 7.35. The molecule has 3 aromatic rings. The zero-order chi connectivity index (χ0) is 24.4. The van der Waals surface area contributed by atoms with Crippen LogP contribution in [0.4, 0.5) is 4.79 Å². The van der Waals surface area contributed by atoms with Crippen molar-refractivity contribution in [2.45, 2.75) is 58.0 Å². The van der Waals surface area contributed by atoms with E-state index in [0.717, 1.165) is 18.5 Å². The van der Waals surface area contributed by atoms with Crippen LogP contribution in [-0.2, 0) is 33.1 Å². The average molecular weight is 475 g/mol. The van der Waals surface area contributed by atoms with Gasteiger partial charge in [0.05, 0.1) is 7.11 Å². The van der Waals surface area contributed by atoms with Gasteiger partial charge in [0.25, 0.3) is 10.0 Å². The molecule has 2 heterocycles. The van der Waals surface area contributed by atoms with Crippen LogP contribution in [0.2, 0.25) is 0 Å². The Kier molecular flexibility index (Phi) is 6.97. The number of hydrogen-bond acceptors (Lipinski definition) is 7. The van der Waals surface area contributed by atoms with Gasteiger partial charge in [-0.15, -0.1) is 0 Å². The summed E-state index contributed by atoms with van der Waals surface area (Å²) in [5.41, 5.74) is 1.46. The molecule has 1 N–H and O–H groups in total. The molecule has 3 rings (SSSR count). The number of nitrogens with one attached hydrogen (secondary N) is 1. The summed E-state index contributed by atoms with van der Waals surface area (Å²) in [7, 11) is -3.19. The van der Waals surface area contributed by atoms with Gasteiger partial charge in [-0.3, -0.25) is 0 Å². The molecule has 178 valence electrons. The molecule has 0 radical (unpaired) electrons. The number of imidazole rings is 1. The van der Waals surface area contributed by atoms with Crippen molar-refractivity contribution in [1.82, 2.24) is 19.3 Å². The number of oxazole rings is 1. The highest BCUT2D eigenvalue weighted by Gasteiger charge is 2.29. The van der Waals surface area contributed by atoms with Gasteiger partial charge < -0.3 is 13.7 Å². The largest absolute Gasteiger partial charge is 0.452 e. The third kappa shape index (κ3) is 5.81. The number of ether oxygens (including phenoxy) is 1. The first-order valence-corrected chi connectivity index (χ1v) is 12.1. The van der Waals surface area contributed by atoms with Gasteiger partial charge in [-0.1, -0.05) is 58.9 Å². The summed E-state index contributed by atoms with van der Waals surface area (Å²) >= 11 is 0. The second-order valence-corrected chi connectivity index (χ2v) is 10.9. The van der Waals surface area contributed by atoms with Crippen molar-refractivity contribution in [2.75, 3.05) is 7.11 Å². The summed E-state index contributed by atoms with van der Waals surface area (Å²) in [4.78, 5) is 20.2. The zero-order valence-corrected chi connectivity index (χ0v) is 20.6. The summed E-state index contributed by atoms with van der Waals surface area (Å²) in [5, 5.41) is -0.346. The van der Waals surface area contributed by atoms with Gasteiger partial charge in [0.2, 0.25) is 5.03 Å². The first kappa shape index (κ1) is 24.5. The van der Waals surface area contributed by atoms with Crippen LogP contribution in [-0.4, -0.2) is 36.2 Å². The van der Waals surface area contributed by atoms with Crippen LogP contribution in [0.1, 0.15) is 51.9 Å². The lowest BCUT2D eigenvalue weighted by Crippen LogP contribution is -2.31. The van der Waals surface area contributed by atoms with E-state index < -0.39 is 16.1 Å². The minimum atomic E-state index is -4.28. The molecule has 0 spiro atoms. The molecule has 0 aliphatic carbocycles. The molecule has 9 nitrogen and oxygen atoms in total. The average Bonchev–Trinajstić information content (AvgIpc) is 3.35. The van der Waals surface area contributed by atoms with Crippen molar-refractivity contribution < 1.29 is 22.4 Å². The topological polar surface area (TPSA) is 116 Å². The molecule has 1 amide bonds. The minimum Gasteiger partial charge on any atom is -0.452 e. The third-order valence-electron chi connectivity index (χ3n) is 4.84. The quantitative estimate of drug-likeness (QED) is 0.547. The van der Waals surface area contributed by atoms with E-state index in [1.54, 1.807) is 18.3 Å². The van der Waals surface area contributed by atoms with E-state index in [1.165, 1.54) is 0 Å². The number of nitrogens with zero attached hydrogens (tertiary/aromatic N) is 3. The number of rotatable bonds is 7. The lowest BCUT2D eigenvalue weighted by Gasteiger charge is -2.19. The fourth-order valence-corrected chi connectivity index (χ4v) is 4.41. The van der Waals surface area contributed by atoms with E-state index >= 15 is 0 Å². The number of hydrogen-bond donors (Lipinski definition) is 1. The van der Waals surface area contributed by atoms with Crippen LogP contribution >= 0.6 is 0 Å². The zero-order valence-electron chi connectivity index (χ0n) is 19.7. The Bertz CT molecular complexity index is 1220. The van der Waals surface area contributed by atoms with Crippen LogP contribution in [0.5, 0.6) is 0 Å². The molecule has 0 saturated carbocycles. The van der Waals surface area contributed by atoms with Crippen molar-refractivity contribution in [1.29, 1.82) is 0 Å². The Morgan fingerprint density at radius 1 is 1.21 bits per heavy atom. The summed E-state index contributed by atoms with van der Waals surface area (Å²) in [5.74, 6) is 1.53. The number of carbonyl (C=O) groups excluding carboxylic acids is 1. The number of methoxy groups -OCH3 is 1. The molecule has 0 saturated heterocycles. The van der Waals surface area contributed by atoms with E-state index in [4.69, 9.17) is 4.42 Å². The summed E-state index contributed by atoms with van der Waals surface area (Å²) in [6.45, 7) is 10.9. The Morgan fingerprint density at radius 3 is 2.45 bits per heavy atom. The maximum absolute atomic E-state index is 12.8. The third-order valence-corrected chi connectivity index (χ3v) is 6.06. The first-order valence-electron chi connectivity index (χ1n) is 10.6. The Hall–Kier alpha value is -3.14. The molecule has 0 aliphatic heterocycles. The molecule has 0 aliphatic rings. The van der Waals surface area contributed by atoms with Crippen molar-refractivity contribution in [3.8, 4) is 11.3 Å². The molecular formula is C23H30N4O5S. The normalized spacial score (nSPS) is 12.2. The van der Waals surface area contributed by atoms with Gasteiger partial charge in [0, 0.05) is 36.3 Å². The highest BCUT2D eigenvalue weighted by Crippen LogP contribution is 2.30. The van der Waals surface area contributed by atoms with Crippen LogP contribution in [0.25, 0.3) is 11.3 Å². The van der Waals surface area contributed by atoms with Gasteiger partial charge in [0.15, 0.2) is 11.7 Å². The van der Waals surface area contributed by atoms with Gasteiger partial charge in [-0.25, -0.2) is 14.5 Å². The van der Waals surface area contributed by atoms with Gasteiger partial charge >= 0.3 is 6.09 Å². The molecule has 0 bridgehead atoms. The molecule has 0 fully saturated rings. The maximum Gasteiger partial charge on any atom is 0.420 e. The molecule has 1 aromatic carbocycles. The fourth-order valence-electron chi connectivity index (χ4n) is 3.39. The Balaban J connectivity index is 1.95. The van der Waals surface area contributed by atoms with E-state index in [9.17, 15) is 13.2 Å². The smallest absolute Gasteiger partial charge is 0.420 e. The predicted molar refractivity (Wildman–Crippen MR) is 123 cm³/mol. The molecule has 10 heteroatoms. The van der Waals surface area contributed by atoms with Crippen molar-refractivity contribution in [3.05, 3.63) is 53.9 Å². The molecular weight excluding hydrogens is 444 g/mol. The lowest BCUT2D eigenvalue weighted by molar-refractivity contribution is 0.177. The van der Waals surface area contributed by atoms with Crippen molar-refractivity contribution in [3.63, 3.8) is 0 Å². The molecule has 0 atom stereocenters. The SMILES string of the molecule is COC(=O)NS(=O)(=O)c1nc(CC(C)C)oc1-c1ccc(Cn2ccnc2C(C)(C)C)cc1. The number of benzene rings is 1. The maximum atomic E-state index is 12.8. The van der Waals surface area contributed by atoms with Crippen molar-refractivity contribution in [2.24, 2.45) is 5.92 Å². The van der Waals surface area contributed by atoms with Crippen LogP contribution in [0, 0.1) is 5.92 Å². The second kappa shape index (κ2) is 9.38. The number of amides is 1. The highest BCUT2D eigenvalue weighted by molar-refractivity contribution is 7.90. The van der Waals surface area contributed by atoms with Crippen LogP contribution in [0.3, 0.4) is 0 Å². The van der Waals surface area contributed by atoms with E-state index in [0.29, 0.717) is 18.5 Å².